The lowest BCUT2D eigenvalue weighted by molar-refractivity contribution is 0.0729. The normalized spacial score (nSPS) is 11.4. The fourth-order valence-electron chi connectivity index (χ4n) is 2.89. The van der Waals surface area contributed by atoms with E-state index in [2.05, 4.69) is 26.0 Å². The molecule has 2 aromatic rings. The highest BCUT2D eigenvalue weighted by Gasteiger charge is 2.08. The van der Waals surface area contributed by atoms with E-state index in [1.165, 1.54) is 32.1 Å². The second kappa shape index (κ2) is 8.79. The van der Waals surface area contributed by atoms with Crippen molar-refractivity contribution in [2.75, 3.05) is 6.61 Å². The average molecular weight is 303 g/mol. The van der Waals surface area contributed by atoms with E-state index in [0.29, 0.717) is 12.3 Å². The van der Waals surface area contributed by atoms with Gasteiger partial charge in [-0.25, -0.2) is 0 Å². The number of rotatable bonds is 10. The standard InChI is InChI=1S/C18H29N3O/c1-3-5-6-7-8-11-14-22-15-21-17-13-10-9-12-16(17)20(4-2)18(21)19/h9-10,12-13,19H,3-8,11,14-15H2,1-2H3. The highest BCUT2D eigenvalue weighted by atomic mass is 16.5. The molecule has 4 heteroatoms. The molecule has 2 rings (SSSR count). The quantitative estimate of drug-likeness (QED) is 0.654. The summed E-state index contributed by atoms with van der Waals surface area (Å²) in [5, 5.41) is 8.31. The Morgan fingerprint density at radius 3 is 2.23 bits per heavy atom. The Morgan fingerprint density at radius 2 is 1.55 bits per heavy atom. The summed E-state index contributed by atoms with van der Waals surface area (Å²) in [4.78, 5) is 0. The fourth-order valence-corrected chi connectivity index (χ4v) is 2.89. The molecule has 0 aliphatic carbocycles. The van der Waals surface area contributed by atoms with Gasteiger partial charge in [-0.05, 0) is 25.5 Å². The van der Waals surface area contributed by atoms with Crippen LogP contribution in [0.4, 0.5) is 0 Å². The molecule has 1 aromatic heterocycles. The first-order valence-electron chi connectivity index (χ1n) is 8.60. The van der Waals surface area contributed by atoms with Crippen LogP contribution in [0.3, 0.4) is 0 Å². The van der Waals surface area contributed by atoms with Crippen LogP contribution in [-0.4, -0.2) is 15.7 Å². The number of hydrogen-bond acceptors (Lipinski definition) is 2. The SMILES string of the molecule is CCCCCCCCOCn1c(=N)n(CC)c2ccccc21. The molecule has 22 heavy (non-hydrogen) atoms. The second-order valence-corrected chi connectivity index (χ2v) is 5.79. The van der Waals surface area contributed by atoms with Gasteiger partial charge >= 0.3 is 0 Å². The summed E-state index contributed by atoms with van der Waals surface area (Å²) in [6, 6.07) is 8.18. The van der Waals surface area contributed by atoms with Crippen molar-refractivity contribution in [3.63, 3.8) is 0 Å². The molecule has 0 radical (unpaired) electrons. The number of imidazole rings is 1. The number of fused-ring (bicyclic) bond motifs is 1. The summed E-state index contributed by atoms with van der Waals surface area (Å²) < 4.78 is 9.77. The third-order valence-electron chi connectivity index (χ3n) is 4.15. The van der Waals surface area contributed by atoms with Crippen LogP contribution in [0.25, 0.3) is 11.0 Å². The van der Waals surface area contributed by atoms with Crippen LogP contribution in [0.1, 0.15) is 52.4 Å². The first-order valence-corrected chi connectivity index (χ1v) is 8.60. The third-order valence-corrected chi connectivity index (χ3v) is 4.15. The van der Waals surface area contributed by atoms with Gasteiger partial charge in [0.2, 0.25) is 5.62 Å². The molecule has 0 saturated carbocycles. The van der Waals surface area contributed by atoms with E-state index in [9.17, 15) is 0 Å². The van der Waals surface area contributed by atoms with Gasteiger partial charge in [0.25, 0.3) is 0 Å². The maximum atomic E-state index is 8.31. The number of aromatic nitrogens is 2. The number of para-hydroxylation sites is 2. The van der Waals surface area contributed by atoms with Gasteiger partial charge in [-0.15, -0.1) is 0 Å². The van der Waals surface area contributed by atoms with E-state index in [-0.39, 0.29) is 0 Å². The number of aryl methyl sites for hydroxylation is 1. The lowest BCUT2D eigenvalue weighted by Crippen LogP contribution is -2.25. The Bertz CT molecular complexity index is 627. The molecule has 122 valence electrons. The molecule has 0 amide bonds. The van der Waals surface area contributed by atoms with Gasteiger partial charge in [0, 0.05) is 13.2 Å². The van der Waals surface area contributed by atoms with Crippen LogP contribution in [0.15, 0.2) is 24.3 Å². The largest absolute Gasteiger partial charge is 0.361 e. The zero-order chi connectivity index (χ0) is 15.8. The van der Waals surface area contributed by atoms with Crippen LogP contribution in [0.5, 0.6) is 0 Å². The molecule has 0 bridgehead atoms. The zero-order valence-corrected chi connectivity index (χ0v) is 14.0. The summed E-state index contributed by atoms with van der Waals surface area (Å²) in [6.45, 7) is 6.38. The lowest BCUT2D eigenvalue weighted by Gasteiger charge is -2.06. The maximum Gasteiger partial charge on any atom is 0.204 e. The highest BCUT2D eigenvalue weighted by molar-refractivity contribution is 5.75. The molecular formula is C18H29N3O. The van der Waals surface area contributed by atoms with Crippen molar-refractivity contribution in [3.8, 4) is 0 Å². The number of nitrogens with zero attached hydrogens (tertiary/aromatic N) is 2. The summed E-state index contributed by atoms with van der Waals surface area (Å²) in [6.07, 6.45) is 7.64. The number of hydrogen-bond donors (Lipinski definition) is 1. The van der Waals surface area contributed by atoms with Crippen molar-refractivity contribution in [2.45, 2.75) is 65.6 Å². The number of unbranched alkanes of at least 4 members (excludes halogenated alkanes) is 5. The molecule has 4 nitrogen and oxygen atoms in total. The molecule has 0 spiro atoms. The lowest BCUT2D eigenvalue weighted by atomic mass is 10.1. The van der Waals surface area contributed by atoms with Crippen LogP contribution in [-0.2, 0) is 18.0 Å². The van der Waals surface area contributed by atoms with Crippen molar-refractivity contribution in [1.29, 1.82) is 5.41 Å². The van der Waals surface area contributed by atoms with Gasteiger partial charge in [0.15, 0.2) is 0 Å². The number of nitrogens with one attached hydrogen (secondary N) is 1. The molecule has 0 aliphatic rings. The fraction of sp³-hybridized carbons (Fsp3) is 0.611. The Morgan fingerprint density at radius 1 is 0.909 bits per heavy atom. The predicted octanol–water partition coefficient (Wildman–Crippen LogP) is 4.28. The van der Waals surface area contributed by atoms with E-state index >= 15 is 0 Å². The maximum absolute atomic E-state index is 8.31. The van der Waals surface area contributed by atoms with Crippen molar-refractivity contribution in [1.82, 2.24) is 9.13 Å². The van der Waals surface area contributed by atoms with Gasteiger partial charge < -0.3 is 9.30 Å². The minimum atomic E-state index is 0.474. The van der Waals surface area contributed by atoms with Gasteiger partial charge in [-0.3, -0.25) is 9.98 Å². The molecule has 0 aliphatic heterocycles. The van der Waals surface area contributed by atoms with Gasteiger partial charge in [0.05, 0.1) is 11.0 Å². The number of ether oxygens (including phenoxy) is 1. The van der Waals surface area contributed by atoms with Crippen LogP contribution in [0.2, 0.25) is 0 Å². The van der Waals surface area contributed by atoms with E-state index in [1.807, 2.05) is 21.3 Å². The van der Waals surface area contributed by atoms with Gasteiger partial charge in [-0.1, -0.05) is 51.2 Å². The summed E-state index contributed by atoms with van der Waals surface area (Å²) in [5.74, 6) is 0. The van der Waals surface area contributed by atoms with Gasteiger partial charge in [-0.2, -0.15) is 0 Å². The number of benzene rings is 1. The molecule has 1 heterocycles. The Balaban J connectivity index is 1.87. The molecule has 0 fully saturated rings. The van der Waals surface area contributed by atoms with Crippen molar-refractivity contribution in [2.24, 2.45) is 0 Å². The highest BCUT2D eigenvalue weighted by Crippen LogP contribution is 2.12. The molecule has 0 atom stereocenters. The van der Waals surface area contributed by atoms with Crippen molar-refractivity contribution >= 4 is 11.0 Å². The molecular weight excluding hydrogens is 274 g/mol. The summed E-state index contributed by atoms with van der Waals surface area (Å²) in [5.41, 5.74) is 2.71. The summed E-state index contributed by atoms with van der Waals surface area (Å²) >= 11 is 0. The molecule has 0 unspecified atom stereocenters. The van der Waals surface area contributed by atoms with E-state index < -0.39 is 0 Å². The van der Waals surface area contributed by atoms with Crippen LogP contribution in [0, 0.1) is 5.41 Å². The molecule has 1 aromatic carbocycles. The Labute approximate surface area is 133 Å². The smallest absolute Gasteiger partial charge is 0.204 e. The minimum absolute atomic E-state index is 0.474. The average Bonchev–Trinajstić information content (AvgIpc) is 2.81. The van der Waals surface area contributed by atoms with E-state index in [4.69, 9.17) is 10.1 Å². The van der Waals surface area contributed by atoms with Crippen molar-refractivity contribution in [3.05, 3.63) is 29.9 Å². The Hall–Kier alpha value is -1.55. The molecule has 1 N–H and O–H groups in total. The predicted molar refractivity (Wildman–Crippen MR) is 90.8 cm³/mol. The van der Waals surface area contributed by atoms with Gasteiger partial charge in [0.1, 0.15) is 6.73 Å². The first kappa shape index (κ1) is 16.8. The van der Waals surface area contributed by atoms with Crippen LogP contribution >= 0.6 is 0 Å². The van der Waals surface area contributed by atoms with Crippen LogP contribution < -0.4 is 5.62 Å². The summed E-state index contributed by atoms with van der Waals surface area (Å²) in [7, 11) is 0. The Kier molecular flexibility index (Phi) is 6.72. The zero-order valence-electron chi connectivity index (χ0n) is 14.0. The molecule has 0 saturated heterocycles. The topological polar surface area (TPSA) is 42.9 Å². The minimum Gasteiger partial charge on any atom is -0.361 e. The first-order chi connectivity index (χ1) is 10.8. The van der Waals surface area contributed by atoms with Crippen molar-refractivity contribution < 1.29 is 4.74 Å². The van der Waals surface area contributed by atoms with E-state index in [1.54, 1.807) is 0 Å². The van der Waals surface area contributed by atoms with E-state index in [0.717, 1.165) is 30.6 Å². The monoisotopic (exact) mass is 303 g/mol. The third kappa shape index (κ3) is 4.01. The second-order valence-electron chi connectivity index (χ2n) is 5.79.